The first kappa shape index (κ1) is 12.3. The predicted molar refractivity (Wildman–Crippen MR) is 60.0 cm³/mol. The van der Waals surface area contributed by atoms with Crippen LogP contribution in [0.4, 0.5) is 13.2 Å². The average molecular weight is 261 g/mol. The van der Waals surface area contributed by atoms with Gasteiger partial charge in [0, 0.05) is 17.5 Å². The molecule has 3 N–H and O–H groups in total. The van der Waals surface area contributed by atoms with Crippen molar-refractivity contribution in [1.29, 1.82) is 0 Å². The Hall–Kier alpha value is -1.18. The van der Waals surface area contributed by atoms with Crippen molar-refractivity contribution in [2.24, 2.45) is 5.84 Å². The Balaban J connectivity index is 2.12. The number of halogens is 3. The maximum absolute atomic E-state index is 12.5. The number of alkyl halides is 3. The molecule has 7 heteroatoms. The van der Waals surface area contributed by atoms with Crippen molar-refractivity contribution in [1.82, 2.24) is 9.95 Å². The number of hydrogen-bond acceptors (Lipinski definition) is 4. The van der Waals surface area contributed by atoms with Gasteiger partial charge < -0.3 is 5.43 Å². The maximum atomic E-state index is 12.5. The lowest BCUT2D eigenvalue weighted by atomic mass is 10.1. The minimum absolute atomic E-state index is 0.426. The van der Waals surface area contributed by atoms with Crippen LogP contribution in [-0.2, 0) is 12.6 Å². The molecule has 0 bridgehead atoms. The van der Waals surface area contributed by atoms with Crippen molar-refractivity contribution in [2.75, 3.05) is 0 Å². The minimum atomic E-state index is -4.30. The van der Waals surface area contributed by atoms with Crippen LogP contribution in [0.1, 0.15) is 11.1 Å². The Morgan fingerprint density at radius 2 is 2.12 bits per heavy atom. The number of nitrogens with one attached hydrogen (secondary N) is 1. The van der Waals surface area contributed by atoms with Crippen LogP contribution in [0.2, 0.25) is 0 Å². The third-order valence-corrected chi connectivity index (χ3v) is 3.00. The fraction of sp³-hybridized carbons (Fsp3) is 0.200. The molecule has 92 valence electrons. The number of hydrogen-bond donors (Lipinski definition) is 2. The standard InChI is InChI=1S/C10H10F3N3S/c11-10(12,13)8-3-1-2-7(4-8)5-9-6-15-16(14)17-9/h1-4,6,15H,5,14H2. The van der Waals surface area contributed by atoms with E-state index < -0.39 is 11.7 Å². The van der Waals surface area contributed by atoms with Crippen molar-refractivity contribution >= 4 is 11.9 Å². The van der Waals surface area contributed by atoms with E-state index in [4.69, 9.17) is 5.84 Å². The number of nitrogens with zero attached hydrogens (tertiary/aromatic N) is 1. The normalized spacial score (nSPS) is 16.8. The van der Waals surface area contributed by atoms with Crippen LogP contribution in [0, 0.1) is 0 Å². The van der Waals surface area contributed by atoms with E-state index in [1.54, 1.807) is 12.3 Å². The molecular weight excluding hydrogens is 251 g/mol. The molecule has 0 fully saturated rings. The van der Waals surface area contributed by atoms with Crippen molar-refractivity contribution in [3.63, 3.8) is 0 Å². The minimum Gasteiger partial charge on any atom is -0.302 e. The Bertz CT molecular complexity index is 445. The van der Waals surface area contributed by atoms with Gasteiger partial charge in [-0.3, -0.25) is 0 Å². The number of hydrazine groups is 2. The largest absolute Gasteiger partial charge is 0.416 e. The molecule has 0 aromatic heterocycles. The van der Waals surface area contributed by atoms with Gasteiger partial charge in [0.25, 0.3) is 0 Å². The zero-order valence-electron chi connectivity index (χ0n) is 8.66. The second-order valence-corrected chi connectivity index (χ2v) is 4.63. The molecule has 0 atom stereocenters. The summed E-state index contributed by atoms with van der Waals surface area (Å²) < 4.78 is 38.7. The number of rotatable bonds is 2. The molecule has 1 aromatic rings. The lowest BCUT2D eigenvalue weighted by Crippen LogP contribution is -2.30. The van der Waals surface area contributed by atoms with E-state index in [0.29, 0.717) is 12.0 Å². The van der Waals surface area contributed by atoms with Gasteiger partial charge in [0.15, 0.2) is 0 Å². The topological polar surface area (TPSA) is 41.3 Å². The second-order valence-electron chi connectivity index (χ2n) is 3.53. The van der Waals surface area contributed by atoms with Crippen LogP contribution < -0.4 is 11.3 Å². The first-order chi connectivity index (χ1) is 7.95. The third kappa shape index (κ3) is 3.15. The smallest absolute Gasteiger partial charge is 0.302 e. The van der Waals surface area contributed by atoms with Gasteiger partial charge >= 0.3 is 6.18 Å². The lowest BCUT2D eigenvalue weighted by Gasteiger charge is -2.09. The van der Waals surface area contributed by atoms with Crippen molar-refractivity contribution in [2.45, 2.75) is 12.6 Å². The third-order valence-electron chi connectivity index (χ3n) is 2.20. The fourth-order valence-electron chi connectivity index (χ4n) is 1.46. The predicted octanol–water partition coefficient (Wildman–Crippen LogP) is 2.43. The van der Waals surface area contributed by atoms with E-state index in [-0.39, 0.29) is 0 Å². The molecule has 17 heavy (non-hydrogen) atoms. The zero-order valence-corrected chi connectivity index (χ0v) is 9.48. The van der Waals surface area contributed by atoms with E-state index >= 15 is 0 Å². The molecule has 0 saturated heterocycles. The molecule has 1 aliphatic rings. The van der Waals surface area contributed by atoms with Crippen molar-refractivity contribution in [3.05, 3.63) is 46.5 Å². The van der Waals surface area contributed by atoms with Gasteiger partial charge in [-0.2, -0.15) is 13.2 Å². The molecule has 0 amide bonds. The number of allylic oxidation sites excluding steroid dienone is 1. The van der Waals surface area contributed by atoms with Crippen LogP contribution in [-0.4, -0.2) is 4.52 Å². The Kier molecular flexibility index (Phi) is 3.32. The highest BCUT2D eigenvalue weighted by Gasteiger charge is 2.30. The van der Waals surface area contributed by atoms with Gasteiger partial charge in [0.05, 0.1) is 5.56 Å². The first-order valence-electron chi connectivity index (χ1n) is 4.79. The molecular formula is C10H10F3N3S. The van der Waals surface area contributed by atoms with Crippen LogP contribution in [0.5, 0.6) is 0 Å². The molecule has 1 heterocycles. The average Bonchev–Trinajstić information content (AvgIpc) is 2.63. The quantitative estimate of drug-likeness (QED) is 0.633. The maximum Gasteiger partial charge on any atom is 0.416 e. The van der Waals surface area contributed by atoms with E-state index in [0.717, 1.165) is 17.0 Å². The van der Waals surface area contributed by atoms with Gasteiger partial charge in [-0.1, -0.05) is 22.7 Å². The molecule has 0 radical (unpaired) electrons. The summed E-state index contributed by atoms with van der Waals surface area (Å²) in [5.41, 5.74) is 2.70. The molecule has 1 aromatic carbocycles. The number of benzene rings is 1. The Labute approximate surface area is 101 Å². The van der Waals surface area contributed by atoms with Gasteiger partial charge in [0.1, 0.15) is 0 Å². The molecule has 0 aliphatic carbocycles. The summed E-state index contributed by atoms with van der Waals surface area (Å²) >= 11 is 1.25. The summed E-state index contributed by atoms with van der Waals surface area (Å²) in [5, 5.41) is 0. The fourth-order valence-corrected chi connectivity index (χ4v) is 2.15. The number of nitrogens with two attached hydrogens (primary N) is 1. The molecule has 0 spiro atoms. The van der Waals surface area contributed by atoms with Crippen LogP contribution in [0.3, 0.4) is 0 Å². The highest BCUT2D eigenvalue weighted by molar-refractivity contribution is 8.00. The van der Waals surface area contributed by atoms with Crippen molar-refractivity contribution in [3.8, 4) is 0 Å². The van der Waals surface area contributed by atoms with Crippen LogP contribution in [0.15, 0.2) is 35.4 Å². The second kappa shape index (κ2) is 4.59. The van der Waals surface area contributed by atoms with Crippen LogP contribution in [0.25, 0.3) is 0 Å². The first-order valence-corrected chi connectivity index (χ1v) is 5.56. The highest BCUT2D eigenvalue weighted by atomic mass is 32.2. The summed E-state index contributed by atoms with van der Waals surface area (Å²) in [5.74, 6) is 5.43. The van der Waals surface area contributed by atoms with Gasteiger partial charge in [-0.15, -0.1) is 0 Å². The molecule has 1 aliphatic heterocycles. The Morgan fingerprint density at radius 1 is 1.35 bits per heavy atom. The van der Waals surface area contributed by atoms with Crippen LogP contribution >= 0.6 is 11.9 Å². The van der Waals surface area contributed by atoms with Gasteiger partial charge in [-0.25, -0.2) is 5.84 Å². The summed E-state index contributed by atoms with van der Waals surface area (Å²) in [4.78, 5) is 0.867. The monoisotopic (exact) mass is 261 g/mol. The molecule has 2 rings (SSSR count). The summed E-state index contributed by atoms with van der Waals surface area (Å²) in [6.07, 6.45) is -2.20. The molecule has 3 nitrogen and oxygen atoms in total. The SMILES string of the molecule is NN1NC=C(Cc2cccc(C(F)(F)F)c2)S1. The summed E-state index contributed by atoms with van der Waals surface area (Å²) in [7, 11) is 0. The van der Waals surface area contributed by atoms with E-state index in [2.05, 4.69) is 5.43 Å². The molecule has 0 saturated carbocycles. The van der Waals surface area contributed by atoms with Crippen molar-refractivity contribution < 1.29 is 13.2 Å². The highest BCUT2D eigenvalue weighted by Crippen LogP contribution is 2.31. The Morgan fingerprint density at radius 3 is 2.71 bits per heavy atom. The van der Waals surface area contributed by atoms with E-state index in [1.165, 1.54) is 22.5 Å². The lowest BCUT2D eigenvalue weighted by molar-refractivity contribution is -0.137. The van der Waals surface area contributed by atoms with Gasteiger partial charge in [0.2, 0.25) is 0 Å². The van der Waals surface area contributed by atoms with E-state index in [1.807, 2.05) is 0 Å². The summed E-state index contributed by atoms with van der Waals surface area (Å²) in [6, 6.07) is 5.29. The molecule has 0 unspecified atom stereocenters. The zero-order chi connectivity index (χ0) is 12.5. The van der Waals surface area contributed by atoms with Gasteiger partial charge in [-0.05, 0) is 23.6 Å². The summed E-state index contributed by atoms with van der Waals surface area (Å²) in [6.45, 7) is 0. The van der Waals surface area contributed by atoms with E-state index in [9.17, 15) is 13.2 Å².